The predicted molar refractivity (Wildman–Crippen MR) is 70.5 cm³/mol. The fourth-order valence-electron chi connectivity index (χ4n) is 1.59. The van der Waals surface area contributed by atoms with Crippen LogP contribution in [0.4, 0.5) is 18.9 Å². The molecule has 20 heavy (non-hydrogen) atoms. The zero-order chi connectivity index (χ0) is 15.2. The minimum Gasteiger partial charge on any atom is -0.464 e. The highest BCUT2D eigenvalue weighted by molar-refractivity contribution is 5.75. The van der Waals surface area contributed by atoms with E-state index in [0.29, 0.717) is 6.61 Å². The number of nitrogens with one attached hydrogen (secondary N) is 1. The molecule has 0 spiro atoms. The summed E-state index contributed by atoms with van der Waals surface area (Å²) in [6, 6.07) is 3.87. The lowest BCUT2D eigenvalue weighted by molar-refractivity contribution is -0.141. The Balaban J connectivity index is 2.59. The summed E-state index contributed by atoms with van der Waals surface area (Å²) < 4.78 is 43.0. The van der Waals surface area contributed by atoms with E-state index in [1.54, 1.807) is 0 Å². The summed E-state index contributed by atoms with van der Waals surface area (Å²) in [6.07, 6.45) is -2.72. The summed E-state index contributed by atoms with van der Waals surface area (Å²) in [6.45, 7) is 3.55. The smallest absolute Gasteiger partial charge is 0.416 e. The van der Waals surface area contributed by atoms with Crippen molar-refractivity contribution in [3.05, 3.63) is 29.3 Å². The van der Waals surface area contributed by atoms with Crippen LogP contribution in [0.15, 0.2) is 18.2 Å². The zero-order valence-electron chi connectivity index (χ0n) is 11.5. The van der Waals surface area contributed by atoms with E-state index in [0.717, 1.165) is 18.9 Å². The number of anilines is 1. The number of hydrogen-bond acceptors (Lipinski definition) is 3. The molecular formula is C14H18F3NO2. The van der Waals surface area contributed by atoms with Gasteiger partial charge in [0.05, 0.1) is 12.2 Å². The van der Waals surface area contributed by atoms with Gasteiger partial charge in [-0.15, -0.1) is 0 Å². The molecule has 1 rings (SSSR count). The first-order valence-corrected chi connectivity index (χ1v) is 6.42. The molecule has 0 bridgehead atoms. The van der Waals surface area contributed by atoms with Crippen molar-refractivity contribution in [3.63, 3.8) is 0 Å². The lowest BCUT2D eigenvalue weighted by atomic mass is 10.1. The first-order valence-electron chi connectivity index (χ1n) is 6.42. The van der Waals surface area contributed by atoms with Crippen LogP contribution in [0.3, 0.4) is 0 Å². The number of esters is 1. The fourth-order valence-corrected chi connectivity index (χ4v) is 1.59. The van der Waals surface area contributed by atoms with E-state index in [1.807, 2.05) is 6.92 Å². The number of alkyl halides is 3. The van der Waals surface area contributed by atoms with Gasteiger partial charge in [0.25, 0.3) is 0 Å². The van der Waals surface area contributed by atoms with Crippen LogP contribution in [0, 0.1) is 6.92 Å². The lowest BCUT2D eigenvalue weighted by Gasteiger charge is -2.13. The molecule has 0 aliphatic heterocycles. The number of benzene rings is 1. The summed E-state index contributed by atoms with van der Waals surface area (Å²) in [4.78, 5) is 11.3. The minimum absolute atomic E-state index is 0.147. The average molecular weight is 289 g/mol. The summed E-state index contributed by atoms with van der Waals surface area (Å²) in [5.41, 5.74) is -0.314. The zero-order valence-corrected chi connectivity index (χ0v) is 11.5. The second-order valence-corrected chi connectivity index (χ2v) is 4.46. The van der Waals surface area contributed by atoms with Crippen LogP contribution in [-0.2, 0) is 15.7 Å². The standard InChI is InChI=1S/C14H18F3NO2/c1-3-4-7-20-13(19)9-18-11-6-5-10(2)12(8-11)14(15,16)17/h5-6,8,18H,3-4,7,9H2,1-2H3. The maximum absolute atomic E-state index is 12.7. The van der Waals surface area contributed by atoms with Crippen LogP contribution in [-0.4, -0.2) is 19.1 Å². The van der Waals surface area contributed by atoms with Crippen molar-refractivity contribution in [2.75, 3.05) is 18.5 Å². The number of unbranched alkanes of at least 4 members (excludes halogenated alkanes) is 1. The number of rotatable bonds is 6. The Hall–Kier alpha value is -1.72. The van der Waals surface area contributed by atoms with E-state index < -0.39 is 17.7 Å². The van der Waals surface area contributed by atoms with Gasteiger partial charge in [0.15, 0.2) is 0 Å². The van der Waals surface area contributed by atoms with E-state index in [-0.39, 0.29) is 17.8 Å². The van der Waals surface area contributed by atoms with Gasteiger partial charge in [-0.05, 0) is 31.0 Å². The van der Waals surface area contributed by atoms with E-state index in [2.05, 4.69) is 5.32 Å². The normalized spacial score (nSPS) is 11.2. The number of aryl methyl sites for hydroxylation is 1. The van der Waals surface area contributed by atoms with Gasteiger partial charge < -0.3 is 10.1 Å². The SMILES string of the molecule is CCCCOC(=O)CNc1ccc(C)c(C(F)(F)F)c1. The van der Waals surface area contributed by atoms with Crippen LogP contribution < -0.4 is 5.32 Å². The topological polar surface area (TPSA) is 38.3 Å². The minimum atomic E-state index is -4.40. The van der Waals surface area contributed by atoms with E-state index in [4.69, 9.17) is 4.74 Å². The summed E-state index contributed by atoms with van der Waals surface area (Å²) in [5, 5.41) is 2.64. The number of ether oxygens (including phenoxy) is 1. The lowest BCUT2D eigenvalue weighted by Crippen LogP contribution is -2.18. The quantitative estimate of drug-likeness (QED) is 0.640. The van der Waals surface area contributed by atoms with Crippen molar-refractivity contribution in [1.29, 1.82) is 0 Å². The molecule has 112 valence electrons. The largest absolute Gasteiger partial charge is 0.464 e. The molecule has 1 aromatic carbocycles. The molecule has 0 aromatic heterocycles. The Bertz CT molecular complexity index is 458. The third kappa shape index (κ3) is 5.11. The maximum Gasteiger partial charge on any atom is 0.416 e. The van der Waals surface area contributed by atoms with Crippen molar-refractivity contribution in [2.24, 2.45) is 0 Å². The molecule has 0 unspecified atom stereocenters. The molecule has 0 saturated carbocycles. The highest BCUT2D eigenvalue weighted by Gasteiger charge is 2.32. The Morgan fingerprint density at radius 2 is 2.05 bits per heavy atom. The van der Waals surface area contributed by atoms with E-state index >= 15 is 0 Å². The van der Waals surface area contributed by atoms with Gasteiger partial charge in [-0.3, -0.25) is 4.79 Å². The number of carbonyl (C=O) groups is 1. The maximum atomic E-state index is 12.7. The highest BCUT2D eigenvalue weighted by Crippen LogP contribution is 2.33. The fraction of sp³-hybridized carbons (Fsp3) is 0.500. The Morgan fingerprint density at radius 3 is 2.65 bits per heavy atom. The van der Waals surface area contributed by atoms with Gasteiger partial charge in [0.1, 0.15) is 6.54 Å². The van der Waals surface area contributed by atoms with Crippen LogP contribution in [0.25, 0.3) is 0 Å². The Labute approximate surface area is 116 Å². The van der Waals surface area contributed by atoms with Gasteiger partial charge >= 0.3 is 12.1 Å². The summed E-state index contributed by atoms with van der Waals surface area (Å²) in [7, 11) is 0. The van der Waals surface area contributed by atoms with Gasteiger partial charge in [-0.2, -0.15) is 13.2 Å². The molecule has 6 heteroatoms. The third-order valence-electron chi connectivity index (χ3n) is 2.74. The molecule has 1 aromatic rings. The van der Waals surface area contributed by atoms with Crippen molar-refractivity contribution >= 4 is 11.7 Å². The highest BCUT2D eigenvalue weighted by atomic mass is 19.4. The van der Waals surface area contributed by atoms with Crippen LogP contribution in [0.1, 0.15) is 30.9 Å². The molecule has 1 N–H and O–H groups in total. The number of halogens is 3. The monoisotopic (exact) mass is 289 g/mol. The molecule has 0 amide bonds. The molecule has 0 heterocycles. The molecule has 0 aliphatic rings. The van der Waals surface area contributed by atoms with Crippen molar-refractivity contribution in [3.8, 4) is 0 Å². The Morgan fingerprint density at radius 1 is 1.35 bits per heavy atom. The molecule has 3 nitrogen and oxygen atoms in total. The number of carbonyl (C=O) groups excluding carboxylic acids is 1. The molecule has 0 saturated heterocycles. The summed E-state index contributed by atoms with van der Waals surface area (Å²) in [5.74, 6) is -0.479. The second kappa shape index (κ2) is 7.17. The van der Waals surface area contributed by atoms with Crippen LogP contribution in [0.2, 0.25) is 0 Å². The molecule has 0 fully saturated rings. The van der Waals surface area contributed by atoms with Gasteiger partial charge in [-0.25, -0.2) is 0 Å². The van der Waals surface area contributed by atoms with E-state index in [9.17, 15) is 18.0 Å². The van der Waals surface area contributed by atoms with Crippen molar-refractivity contribution < 1.29 is 22.7 Å². The first kappa shape index (κ1) is 16.3. The molecule has 0 aliphatic carbocycles. The molecule has 0 atom stereocenters. The first-order chi connectivity index (χ1) is 9.34. The predicted octanol–water partition coefficient (Wildman–Crippen LogP) is 3.77. The summed E-state index contributed by atoms with van der Waals surface area (Å²) >= 11 is 0. The van der Waals surface area contributed by atoms with Crippen LogP contribution in [0.5, 0.6) is 0 Å². The third-order valence-corrected chi connectivity index (χ3v) is 2.74. The van der Waals surface area contributed by atoms with Crippen molar-refractivity contribution in [1.82, 2.24) is 0 Å². The average Bonchev–Trinajstić information content (AvgIpc) is 2.36. The van der Waals surface area contributed by atoms with Gasteiger partial charge in [0, 0.05) is 5.69 Å². The van der Waals surface area contributed by atoms with Gasteiger partial charge in [-0.1, -0.05) is 19.4 Å². The van der Waals surface area contributed by atoms with Gasteiger partial charge in [0.2, 0.25) is 0 Å². The Kier molecular flexibility index (Phi) is 5.85. The van der Waals surface area contributed by atoms with Crippen molar-refractivity contribution in [2.45, 2.75) is 32.9 Å². The van der Waals surface area contributed by atoms with E-state index in [1.165, 1.54) is 19.1 Å². The molecule has 0 radical (unpaired) electrons. The number of hydrogen-bond donors (Lipinski definition) is 1. The van der Waals surface area contributed by atoms with Crippen LogP contribution >= 0.6 is 0 Å². The molecular weight excluding hydrogens is 271 g/mol. The second-order valence-electron chi connectivity index (χ2n) is 4.46.